The molecule has 0 N–H and O–H groups in total. The van der Waals surface area contributed by atoms with Crippen LogP contribution >= 0.6 is 0 Å². The number of hydrogen-bond donors (Lipinski definition) is 0. The van der Waals surface area contributed by atoms with Crippen molar-refractivity contribution in [3.05, 3.63) is 42.0 Å². The first-order valence-electron chi connectivity index (χ1n) is 8.21. The zero-order valence-electron chi connectivity index (χ0n) is 13.7. The van der Waals surface area contributed by atoms with E-state index in [-0.39, 0.29) is 12.0 Å². The van der Waals surface area contributed by atoms with Gasteiger partial charge in [-0.15, -0.1) is 0 Å². The Hall–Kier alpha value is -2.70. The molecule has 7 heteroatoms. The lowest BCUT2D eigenvalue weighted by Crippen LogP contribution is -2.24. The fourth-order valence-corrected chi connectivity index (χ4v) is 2.92. The molecule has 0 spiro atoms. The number of benzene rings is 1. The summed E-state index contributed by atoms with van der Waals surface area (Å²) in [5.74, 6) is 2.67. The molecule has 0 bridgehead atoms. The van der Waals surface area contributed by atoms with Crippen molar-refractivity contribution in [3.8, 4) is 11.5 Å². The summed E-state index contributed by atoms with van der Waals surface area (Å²) in [6.07, 6.45) is 1.98. The molecule has 1 fully saturated rings. The summed E-state index contributed by atoms with van der Waals surface area (Å²) in [6.45, 7) is 4.92. The molecule has 2 aromatic heterocycles. The minimum absolute atomic E-state index is 0.0301. The van der Waals surface area contributed by atoms with Crippen molar-refractivity contribution in [2.24, 2.45) is 0 Å². The van der Waals surface area contributed by atoms with E-state index in [2.05, 4.69) is 25.2 Å². The Bertz CT molecular complexity index is 811. The van der Waals surface area contributed by atoms with E-state index in [0.29, 0.717) is 23.6 Å². The van der Waals surface area contributed by atoms with Crippen LogP contribution in [-0.2, 0) is 0 Å². The summed E-state index contributed by atoms with van der Waals surface area (Å²) < 4.78 is 10.8. The Labute approximate surface area is 139 Å². The fraction of sp³-hybridized carbons (Fsp3) is 0.412. The first-order valence-corrected chi connectivity index (χ1v) is 8.21. The van der Waals surface area contributed by atoms with Crippen LogP contribution in [0.25, 0.3) is 11.5 Å². The van der Waals surface area contributed by atoms with Crippen LogP contribution in [0.1, 0.15) is 50.4 Å². The molecule has 0 radical (unpaired) electrons. The van der Waals surface area contributed by atoms with Gasteiger partial charge in [-0.2, -0.15) is 9.97 Å². The average Bonchev–Trinajstić information content (AvgIpc) is 3.33. The number of rotatable bonds is 4. The van der Waals surface area contributed by atoms with Gasteiger partial charge in [0.25, 0.3) is 11.8 Å². The quantitative estimate of drug-likeness (QED) is 0.725. The van der Waals surface area contributed by atoms with Crippen molar-refractivity contribution in [3.63, 3.8) is 0 Å². The van der Waals surface area contributed by atoms with Gasteiger partial charge in [-0.3, -0.25) is 0 Å². The molecule has 24 heavy (non-hydrogen) atoms. The monoisotopic (exact) mass is 325 g/mol. The molecule has 1 unspecified atom stereocenters. The summed E-state index contributed by atoms with van der Waals surface area (Å²) in [5.41, 5.74) is 0.911. The molecule has 3 heterocycles. The minimum atomic E-state index is 0.0301. The SMILES string of the molecule is CC(C)c1nc(C2CCCN2c2noc(-c3ccccc3)n2)no1. The standard InChI is InChI=1S/C17H19N5O2/c1-11(2)15-18-14(20-23-15)13-9-6-10-22(13)17-19-16(24-21-17)12-7-4-3-5-8-12/h3-5,7-8,11,13H,6,9-10H2,1-2H3. The second-order valence-electron chi connectivity index (χ2n) is 6.26. The van der Waals surface area contributed by atoms with Gasteiger partial charge in [0.05, 0.1) is 6.04 Å². The molecule has 0 amide bonds. The van der Waals surface area contributed by atoms with Crippen LogP contribution in [0.5, 0.6) is 0 Å². The van der Waals surface area contributed by atoms with E-state index in [9.17, 15) is 0 Å². The molecular formula is C17H19N5O2. The Morgan fingerprint density at radius 3 is 2.67 bits per heavy atom. The third kappa shape index (κ3) is 2.66. The van der Waals surface area contributed by atoms with Gasteiger partial charge in [-0.05, 0) is 30.1 Å². The van der Waals surface area contributed by atoms with Gasteiger partial charge < -0.3 is 13.9 Å². The predicted octanol–water partition coefficient (Wildman–Crippen LogP) is 3.58. The van der Waals surface area contributed by atoms with Crippen molar-refractivity contribution in [1.29, 1.82) is 0 Å². The number of anilines is 1. The van der Waals surface area contributed by atoms with Gasteiger partial charge in [0.2, 0.25) is 5.89 Å². The van der Waals surface area contributed by atoms with Crippen molar-refractivity contribution in [2.75, 3.05) is 11.4 Å². The average molecular weight is 325 g/mol. The third-order valence-electron chi connectivity index (χ3n) is 4.20. The summed E-state index contributed by atoms with van der Waals surface area (Å²) in [6, 6.07) is 9.79. The minimum Gasteiger partial charge on any atom is -0.339 e. The smallest absolute Gasteiger partial charge is 0.266 e. The molecule has 1 aromatic carbocycles. The highest BCUT2D eigenvalue weighted by Crippen LogP contribution is 2.34. The van der Waals surface area contributed by atoms with Gasteiger partial charge in [-0.1, -0.05) is 37.2 Å². The van der Waals surface area contributed by atoms with Crippen LogP contribution in [0.4, 0.5) is 5.95 Å². The van der Waals surface area contributed by atoms with E-state index in [4.69, 9.17) is 9.05 Å². The zero-order chi connectivity index (χ0) is 16.5. The Morgan fingerprint density at radius 2 is 1.92 bits per heavy atom. The molecule has 0 saturated carbocycles. The van der Waals surface area contributed by atoms with E-state index in [1.807, 2.05) is 44.2 Å². The second kappa shape index (κ2) is 6.07. The van der Waals surface area contributed by atoms with Crippen LogP contribution in [0.15, 0.2) is 39.4 Å². The van der Waals surface area contributed by atoms with Crippen LogP contribution < -0.4 is 4.90 Å². The fourth-order valence-electron chi connectivity index (χ4n) is 2.92. The van der Waals surface area contributed by atoms with Gasteiger partial charge in [0.1, 0.15) is 0 Å². The van der Waals surface area contributed by atoms with Crippen LogP contribution in [0.2, 0.25) is 0 Å². The first-order chi connectivity index (χ1) is 11.7. The van der Waals surface area contributed by atoms with E-state index in [0.717, 1.165) is 24.9 Å². The molecule has 1 aliphatic rings. The summed E-state index contributed by atoms with van der Waals surface area (Å²) in [5, 5.41) is 8.29. The van der Waals surface area contributed by atoms with Gasteiger partial charge in [0, 0.05) is 18.0 Å². The van der Waals surface area contributed by atoms with E-state index >= 15 is 0 Å². The van der Waals surface area contributed by atoms with Gasteiger partial charge >= 0.3 is 0 Å². The summed E-state index contributed by atoms with van der Waals surface area (Å²) in [4.78, 5) is 11.2. The topological polar surface area (TPSA) is 81.1 Å². The second-order valence-corrected chi connectivity index (χ2v) is 6.26. The highest BCUT2D eigenvalue weighted by atomic mass is 16.5. The van der Waals surface area contributed by atoms with E-state index in [1.165, 1.54) is 0 Å². The first kappa shape index (κ1) is 14.9. The predicted molar refractivity (Wildman–Crippen MR) is 87.4 cm³/mol. The van der Waals surface area contributed by atoms with E-state index in [1.54, 1.807) is 0 Å². The van der Waals surface area contributed by atoms with Crippen LogP contribution in [-0.4, -0.2) is 26.8 Å². The van der Waals surface area contributed by atoms with Crippen molar-refractivity contribution in [1.82, 2.24) is 20.3 Å². The van der Waals surface area contributed by atoms with Crippen molar-refractivity contribution < 1.29 is 9.05 Å². The lowest BCUT2D eigenvalue weighted by atomic mass is 10.2. The number of hydrogen-bond acceptors (Lipinski definition) is 7. The molecule has 1 saturated heterocycles. The highest BCUT2D eigenvalue weighted by Gasteiger charge is 2.33. The number of aromatic nitrogens is 4. The maximum atomic E-state index is 5.42. The highest BCUT2D eigenvalue weighted by molar-refractivity contribution is 5.54. The van der Waals surface area contributed by atoms with Crippen LogP contribution in [0, 0.1) is 0 Å². The molecule has 124 valence electrons. The Balaban J connectivity index is 1.60. The van der Waals surface area contributed by atoms with Gasteiger partial charge in [0.15, 0.2) is 5.82 Å². The molecule has 0 aliphatic carbocycles. The molecule has 3 aromatic rings. The molecule has 7 nitrogen and oxygen atoms in total. The normalized spacial score (nSPS) is 17.8. The molecular weight excluding hydrogens is 306 g/mol. The lowest BCUT2D eigenvalue weighted by Gasteiger charge is -2.19. The molecule has 4 rings (SSSR count). The molecule has 1 aliphatic heterocycles. The summed E-state index contributed by atoms with van der Waals surface area (Å²) >= 11 is 0. The molecule has 1 atom stereocenters. The van der Waals surface area contributed by atoms with Crippen molar-refractivity contribution in [2.45, 2.75) is 38.6 Å². The maximum Gasteiger partial charge on any atom is 0.266 e. The van der Waals surface area contributed by atoms with Crippen molar-refractivity contribution >= 4 is 5.95 Å². The van der Waals surface area contributed by atoms with Crippen LogP contribution in [0.3, 0.4) is 0 Å². The van der Waals surface area contributed by atoms with E-state index < -0.39 is 0 Å². The third-order valence-corrected chi connectivity index (χ3v) is 4.20. The largest absolute Gasteiger partial charge is 0.339 e. The Morgan fingerprint density at radius 1 is 1.08 bits per heavy atom. The zero-order valence-corrected chi connectivity index (χ0v) is 13.7. The Kier molecular flexibility index (Phi) is 3.76. The lowest BCUT2D eigenvalue weighted by molar-refractivity contribution is 0.357. The summed E-state index contributed by atoms with van der Waals surface area (Å²) in [7, 11) is 0. The number of nitrogens with zero attached hydrogens (tertiary/aromatic N) is 5. The maximum absolute atomic E-state index is 5.42. The van der Waals surface area contributed by atoms with Gasteiger partial charge in [-0.25, -0.2) is 0 Å².